The lowest BCUT2D eigenvalue weighted by atomic mass is 9.99. The minimum Gasteiger partial charge on any atom is -0.340 e. The van der Waals surface area contributed by atoms with E-state index in [2.05, 4.69) is 17.1 Å². The van der Waals surface area contributed by atoms with E-state index in [0.717, 1.165) is 19.5 Å². The third-order valence-electron chi connectivity index (χ3n) is 4.55. The van der Waals surface area contributed by atoms with E-state index in [-0.39, 0.29) is 0 Å². The highest BCUT2D eigenvalue weighted by Gasteiger charge is 2.25. The fourth-order valence-corrected chi connectivity index (χ4v) is 3.41. The van der Waals surface area contributed by atoms with Gasteiger partial charge in [0.1, 0.15) is 0 Å². The van der Waals surface area contributed by atoms with E-state index >= 15 is 0 Å². The average molecular weight is 252 g/mol. The van der Waals surface area contributed by atoms with Crippen molar-refractivity contribution in [2.75, 3.05) is 13.1 Å². The van der Waals surface area contributed by atoms with E-state index in [1.54, 1.807) is 0 Å². The van der Waals surface area contributed by atoms with Crippen LogP contribution in [0.4, 0.5) is 0 Å². The largest absolute Gasteiger partial charge is 0.340 e. The summed E-state index contributed by atoms with van der Waals surface area (Å²) in [6.45, 7) is 4.06. The number of rotatable bonds is 5. The van der Waals surface area contributed by atoms with Gasteiger partial charge in [0, 0.05) is 31.6 Å². The summed E-state index contributed by atoms with van der Waals surface area (Å²) in [5, 5.41) is 3.54. The Morgan fingerprint density at radius 2 is 1.89 bits per heavy atom. The molecule has 0 aromatic carbocycles. The topological polar surface area (TPSA) is 32.3 Å². The van der Waals surface area contributed by atoms with Gasteiger partial charge in [-0.15, -0.1) is 0 Å². The number of hydrogen-bond donors (Lipinski definition) is 1. The normalized spacial score (nSPS) is 25.6. The smallest absolute Gasteiger partial charge is 0.224 e. The number of carbonyl (C=O) groups excluding carboxylic acids is 1. The second-order valence-electron chi connectivity index (χ2n) is 5.83. The first kappa shape index (κ1) is 13.9. The van der Waals surface area contributed by atoms with Crippen molar-refractivity contribution in [3.05, 3.63) is 0 Å². The molecule has 1 saturated heterocycles. The molecule has 2 rings (SSSR count). The molecule has 0 spiro atoms. The lowest BCUT2D eigenvalue weighted by Crippen LogP contribution is -2.44. The van der Waals surface area contributed by atoms with Crippen LogP contribution in [-0.2, 0) is 4.79 Å². The molecule has 104 valence electrons. The molecular weight excluding hydrogens is 224 g/mol. The van der Waals surface area contributed by atoms with E-state index in [1.807, 2.05) is 0 Å². The summed E-state index contributed by atoms with van der Waals surface area (Å²) in [6.07, 6.45) is 10.8. The molecule has 0 aromatic heterocycles. The van der Waals surface area contributed by atoms with Gasteiger partial charge >= 0.3 is 0 Å². The van der Waals surface area contributed by atoms with Crippen LogP contribution in [0.5, 0.6) is 0 Å². The van der Waals surface area contributed by atoms with Crippen molar-refractivity contribution >= 4 is 5.91 Å². The van der Waals surface area contributed by atoms with Gasteiger partial charge in [-0.25, -0.2) is 0 Å². The van der Waals surface area contributed by atoms with Crippen molar-refractivity contribution in [1.82, 2.24) is 10.2 Å². The van der Waals surface area contributed by atoms with Gasteiger partial charge < -0.3 is 10.2 Å². The van der Waals surface area contributed by atoms with Gasteiger partial charge in [-0.1, -0.05) is 19.8 Å². The molecule has 1 aliphatic heterocycles. The average Bonchev–Trinajstić information content (AvgIpc) is 2.91. The van der Waals surface area contributed by atoms with Crippen molar-refractivity contribution in [2.45, 2.75) is 76.8 Å². The number of hydrogen-bond acceptors (Lipinski definition) is 2. The Morgan fingerprint density at radius 1 is 1.17 bits per heavy atom. The third kappa shape index (κ3) is 3.71. The van der Waals surface area contributed by atoms with Crippen LogP contribution in [0.1, 0.15) is 64.7 Å². The van der Waals surface area contributed by atoms with E-state index in [0.29, 0.717) is 24.4 Å². The standard InChI is InChI=1S/C15H28N2O/c1-2-14-9-5-6-12-17(14)15(18)10-11-16-13-7-3-4-8-13/h13-14,16H,2-12H2,1H3. The zero-order valence-corrected chi connectivity index (χ0v) is 11.8. The van der Waals surface area contributed by atoms with Crippen molar-refractivity contribution in [3.63, 3.8) is 0 Å². The fourth-order valence-electron chi connectivity index (χ4n) is 3.41. The minimum atomic E-state index is 0.368. The van der Waals surface area contributed by atoms with Crippen LogP contribution in [0, 0.1) is 0 Å². The first-order chi connectivity index (χ1) is 8.81. The SMILES string of the molecule is CCC1CCCCN1C(=O)CCNC1CCCC1. The van der Waals surface area contributed by atoms with Crippen molar-refractivity contribution in [1.29, 1.82) is 0 Å². The predicted molar refractivity (Wildman–Crippen MR) is 74.5 cm³/mol. The van der Waals surface area contributed by atoms with Gasteiger partial charge in [-0.2, -0.15) is 0 Å². The summed E-state index contributed by atoms with van der Waals surface area (Å²) in [4.78, 5) is 14.4. The van der Waals surface area contributed by atoms with Crippen LogP contribution in [0.3, 0.4) is 0 Å². The summed E-state index contributed by atoms with van der Waals surface area (Å²) < 4.78 is 0. The minimum absolute atomic E-state index is 0.368. The number of nitrogens with zero attached hydrogens (tertiary/aromatic N) is 1. The highest BCUT2D eigenvalue weighted by Crippen LogP contribution is 2.20. The monoisotopic (exact) mass is 252 g/mol. The van der Waals surface area contributed by atoms with Gasteiger partial charge in [0.2, 0.25) is 5.91 Å². The van der Waals surface area contributed by atoms with Crippen LogP contribution in [0.25, 0.3) is 0 Å². The summed E-state index contributed by atoms with van der Waals surface area (Å²) in [7, 11) is 0. The van der Waals surface area contributed by atoms with Crippen molar-refractivity contribution in [2.24, 2.45) is 0 Å². The molecule has 0 aromatic rings. The molecule has 1 amide bonds. The number of nitrogens with one attached hydrogen (secondary N) is 1. The van der Waals surface area contributed by atoms with Gasteiger partial charge in [0.15, 0.2) is 0 Å². The Kier molecular flexibility index (Phi) is 5.48. The Hall–Kier alpha value is -0.570. The predicted octanol–water partition coefficient (Wildman–Crippen LogP) is 2.70. The maximum absolute atomic E-state index is 12.2. The molecule has 0 radical (unpaired) electrons. The zero-order chi connectivity index (χ0) is 12.8. The summed E-state index contributed by atoms with van der Waals surface area (Å²) in [5.74, 6) is 0.368. The molecule has 1 unspecified atom stereocenters. The van der Waals surface area contributed by atoms with E-state index in [4.69, 9.17) is 0 Å². The molecule has 3 nitrogen and oxygen atoms in total. The molecule has 1 heterocycles. The van der Waals surface area contributed by atoms with Crippen LogP contribution in [-0.4, -0.2) is 36.0 Å². The second kappa shape index (κ2) is 7.13. The van der Waals surface area contributed by atoms with Crippen LogP contribution in [0.2, 0.25) is 0 Å². The first-order valence-corrected chi connectivity index (χ1v) is 7.84. The fraction of sp³-hybridized carbons (Fsp3) is 0.933. The summed E-state index contributed by atoms with van der Waals surface area (Å²) in [6, 6.07) is 1.19. The van der Waals surface area contributed by atoms with Crippen LogP contribution < -0.4 is 5.32 Å². The maximum atomic E-state index is 12.2. The van der Waals surface area contributed by atoms with Crippen molar-refractivity contribution < 1.29 is 4.79 Å². The van der Waals surface area contributed by atoms with E-state index in [9.17, 15) is 4.79 Å². The quantitative estimate of drug-likeness (QED) is 0.816. The van der Waals surface area contributed by atoms with Crippen LogP contribution >= 0.6 is 0 Å². The lowest BCUT2D eigenvalue weighted by Gasteiger charge is -2.35. The van der Waals surface area contributed by atoms with Crippen molar-refractivity contribution in [3.8, 4) is 0 Å². The summed E-state index contributed by atoms with van der Waals surface area (Å²) >= 11 is 0. The maximum Gasteiger partial charge on any atom is 0.224 e. The molecule has 2 fully saturated rings. The lowest BCUT2D eigenvalue weighted by molar-refractivity contribution is -0.134. The molecule has 1 N–H and O–H groups in total. The molecule has 3 heteroatoms. The number of carbonyl (C=O) groups is 1. The molecule has 18 heavy (non-hydrogen) atoms. The zero-order valence-electron chi connectivity index (χ0n) is 11.8. The molecule has 2 aliphatic rings. The highest BCUT2D eigenvalue weighted by atomic mass is 16.2. The van der Waals surface area contributed by atoms with Gasteiger partial charge in [0.05, 0.1) is 0 Å². The van der Waals surface area contributed by atoms with Crippen LogP contribution in [0.15, 0.2) is 0 Å². The summed E-state index contributed by atoms with van der Waals surface area (Å²) in [5.41, 5.74) is 0. The second-order valence-corrected chi connectivity index (χ2v) is 5.83. The van der Waals surface area contributed by atoms with Gasteiger partial charge in [-0.05, 0) is 38.5 Å². The van der Waals surface area contributed by atoms with Gasteiger partial charge in [0.25, 0.3) is 0 Å². The molecule has 1 atom stereocenters. The molecule has 1 aliphatic carbocycles. The first-order valence-electron chi connectivity index (χ1n) is 7.84. The Labute approximate surface area is 111 Å². The van der Waals surface area contributed by atoms with Gasteiger partial charge in [-0.3, -0.25) is 4.79 Å². The molecular formula is C15H28N2O. The Balaban J connectivity index is 1.69. The van der Waals surface area contributed by atoms with E-state index in [1.165, 1.54) is 44.9 Å². The molecule has 1 saturated carbocycles. The number of piperidine rings is 1. The molecule has 0 bridgehead atoms. The number of likely N-dealkylation sites (tertiary alicyclic amines) is 1. The van der Waals surface area contributed by atoms with E-state index < -0.39 is 0 Å². The Morgan fingerprint density at radius 3 is 2.61 bits per heavy atom. The highest BCUT2D eigenvalue weighted by molar-refractivity contribution is 5.76. The Bertz CT molecular complexity index is 261. The number of amides is 1. The third-order valence-corrected chi connectivity index (χ3v) is 4.55.